The average molecular weight is 425 g/mol. The first-order valence-corrected chi connectivity index (χ1v) is 10.0. The average Bonchev–Trinajstić information content (AvgIpc) is 3.20. The Kier molecular flexibility index (Phi) is 6.71. The fourth-order valence-electron chi connectivity index (χ4n) is 3.44. The minimum Gasteiger partial charge on any atom is -0.507 e. The zero-order chi connectivity index (χ0) is 23.3. The molecular weight excluding hydrogens is 400 g/mol. The number of hydrogen-bond donors (Lipinski definition) is 3. The third-order valence-electron chi connectivity index (χ3n) is 5.25. The second-order valence-electron chi connectivity index (χ2n) is 7.51. The van der Waals surface area contributed by atoms with Crippen molar-refractivity contribution < 1.29 is 9.90 Å². The molecule has 0 aliphatic carbocycles. The predicted molar refractivity (Wildman–Crippen MR) is 126 cm³/mol. The predicted octanol–water partition coefficient (Wildman–Crippen LogP) is 4.67. The fraction of sp³-hybridized carbons (Fsp3) is 0.115. The molecule has 6 heteroatoms. The summed E-state index contributed by atoms with van der Waals surface area (Å²) in [4.78, 5) is 10.6. The number of primary amides is 1. The summed E-state index contributed by atoms with van der Waals surface area (Å²) in [5, 5.41) is 26.1. The quantitative estimate of drug-likeness (QED) is 0.413. The number of phenolic OH excluding ortho intramolecular Hbond substituents is 1. The molecule has 32 heavy (non-hydrogen) atoms. The molecule has 0 fully saturated rings. The second kappa shape index (κ2) is 9.63. The fourth-order valence-corrected chi connectivity index (χ4v) is 3.44. The Morgan fingerprint density at radius 3 is 2.62 bits per heavy atom. The number of rotatable bonds is 4. The first-order chi connectivity index (χ1) is 15.3. The summed E-state index contributed by atoms with van der Waals surface area (Å²) in [6.45, 7) is 5.16. The van der Waals surface area contributed by atoms with Crippen molar-refractivity contribution in [3.05, 3.63) is 100 Å². The van der Waals surface area contributed by atoms with Crippen LogP contribution in [0.3, 0.4) is 0 Å². The van der Waals surface area contributed by atoms with E-state index in [4.69, 9.17) is 21.5 Å². The van der Waals surface area contributed by atoms with Gasteiger partial charge in [-0.2, -0.15) is 5.26 Å². The lowest BCUT2D eigenvalue weighted by molar-refractivity contribution is 0.1000. The van der Waals surface area contributed by atoms with Gasteiger partial charge in [-0.1, -0.05) is 35.9 Å². The van der Waals surface area contributed by atoms with E-state index in [0.717, 1.165) is 17.5 Å². The van der Waals surface area contributed by atoms with Gasteiger partial charge in [-0.3, -0.25) is 4.79 Å². The normalized spacial score (nSPS) is 10.2. The number of carbonyl (C=O) groups is 1. The Labute approximate surface area is 186 Å². The topological polar surface area (TPSA) is 116 Å². The lowest BCUT2D eigenvalue weighted by atomic mass is 10.1. The number of carbonyl (C=O) groups excluding carboxylic acids is 1. The Morgan fingerprint density at radius 1 is 1.16 bits per heavy atom. The van der Waals surface area contributed by atoms with Crippen LogP contribution in [0.25, 0.3) is 10.9 Å². The molecule has 4 aromatic rings. The Hall–Kier alpha value is -4.37. The van der Waals surface area contributed by atoms with Crippen molar-refractivity contribution >= 4 is 23.0 Å². The SMILES string of the molecule is Cc1ccc(C)c(Cn2ccc3c(C=N)cccc32)c1.N#Cc1cc(C(N)=O)ccc1O. The van der Waals surface area contributed by atoms with Gasteiger partial charge < -0.3 is 20.8 Å². The standard InChI is InChI=1S/C18H18N2.C8H6N2O2/c1-13-6-7-14(2)16(10-13)12-20-9-8-17-15(11-19)4-3-5-18(17)20;9-4-6-3-5(8(10)12)1-2-7(6)11/h3-11,19H,12H2,1-2H3;1-3,11H,(H2,10,12). The van der Waals surface area contributed by atoms with Crippen LogP contribution in [-0.4, -0.2) is 21.8 Å². The highest BCUT2D eigenvalue weighted by atomic mass is 16.3. The molecule has 0 saturated carbocycles. The highest BCUT2D eigenvalue weighted by Gasteiger charge is 2.07. The van der Waals surface area contributed by atoms with E-state index in [1.54, 1.807) is 6.07 Å². The van der Waals surface area contributed by atoms with Crippen LogP contribution in [0.2, 0.25) is 0 Å². The molecule has 0 atom stereocenters. The maximum absolute atomic E-state index is 10.6. The Bertz CT molecular complexity index is 1350. The molecule has 0 radical (unpaired) electrons. The van der Waals surface area contributed by atoms with Crippen molar-refractivity contribution in [2.45, 2.75) is 20.4 Å². The monoisotopic (exact) mass is 424 g/mol. The van der Waals surface area contributed by atoms with E-state index in [2.05, 4.69) is 54.9 Å². The van der Waals surface area contributed by atoms with Crippen LogP contribution in [-0.2, 0) is 6.54 Å². The molecule has 0 spiro atoms. The van der Waals surface area contributed by atoms with Crippen molar-refractivity contribution in [2.24, 2.45) is 5.73 Å². The van der Waals surface area contributed by atoms with Gasteiger partial charge in [0.05, 0.1) is 5.56 Å². The highest BCUT2D eigenvalue weighted by Crippen LogP contribution is 2.21. The van der Waals surface area contributed by atoms with E-state index in [0.29, 0.717) is 0 Å². The Balaban J connectivity index is 0.000000207. The van der Waals surface area contributed by atoms with Gasteiger partial charge in [-0.05, 0) is 55.3 Å². The van der Waals surface area contributed by atoms with Crippen molar-refractivity contribution in [2.75, 3.05) is 0 Å². The van der Waals surface area contributed by atoms with Gasteiger partial charge in [0, 0.05) is 41.0 Å². The molecule has 0 aliphatic heterocycles. The number of nitrogens with zero attached hydrogens (tertiary/aromatic N) is 2. The molecular formula is C26H24N4O2. The van der Waals surface area contributed by atoms with Gasteiger partial charge in [0.15, 0.2) is 0 Å². The van der Waals surface area contributed by atoms with E-state index in [1.165, 1.54) is 46.6 Å². The first kappa shape index (κ1) is 22.3. The molecule has 6 nitrogen and oxygen atoms in total. The van der Waals surface area contributed by atoms with E-state index in [-0.39, 0.29) is 16.9 Å². The number of benzene rings is 3. The second-order valence-corrected chi connectivity index (χ2v) is 7.51. The summed E-state index contributed by atoms with van der Waals surface area (Å²) in [7, 11) is 0. The van der Waals surface area contributed by atoms with Gasteiger partial charge in [-0.25, -0.2) is 0 Å². The molecule has 4 N–H and O–H groups in total. The minimum absolute atomic E-state index is 0.0475. The maximum Gasteiger partial charge on any atom is 0.248 e. The lowest BCUT2D eigenvalue weighted by Crippen LogP contribution is -2.10. The van der Waals surface area contributed by atoms with Gasteiger partial charge in [0.25, 0.3) is 0 Å². The van der Waals surface area contributed by atoms with Crippen LogP contribution < -0.4 is 5.73 Å². The highest BCUT2D eigenvalue weighted by molar-refractivity contribution is 5.98. The molecule has 4 rings (SSSR count). The zero-order valence-corrected chi connectivity index (χ0v) is 18.0. The molecule has 0 unspecified atom stereocenters. The van der Waals surface area contributed by atoms with Crippen LogP contribution in [0.15, 0.2) is 66.9 Å². The summed E-state index contributed by atoms with van der Waals surface area (Å²) in [5.74, 6) is -0.769. The maximum atomic E-state index is 10.6. The van der Waals surface area contributed by atoms with Crippen molar-refractivity contribution in [3.8, 4) is 11.8 Å². The molecule has 160 valence electrons. The molecule has 0 bridgehead atoms. The number of phenols is 1. The molecule has 1 heterocycles. The van der Waals surface area contributed by atoms with E-state index >= 15 is 0 Å². The van der Waals surface area contributed by atoms with Crippen LogP contribution in [0, 0.1) is 30.6 Å². The smallest absolute Gasteiger partial charge is 0.248 e. The molecule has 0 saturated heterocycles. The third-order valence-corrected chi connectivity index (χ3v) is 5.25. The number of hydrogen-bond acceptors (Lipinski definition) is 4. The van der Waals surface area contributed by atoms with Gasteiger partial charge in [-0.15, -0.1) is 0 Å². The van der Waals surface area contributed by atoms with Gasteiger partial charge in [0.1, 0.15) is 11.8 Å². The summed E-state index contributed by atoms with van der Waals surface area (Å²) in [6.07, 6.45) is 3.53. The van der Waals surface area contributed by atoms with Crippen LogP contribution in [0.5, 0.6) is 5.75 Å². The third kappa shape index (κ3) is 4.85. The molecule has 1 amide bonds. The van der Waals surface area contributed by atoms with E-state index < -0.39 is 5.91 Å². The number of nitrogens with one attached hydrogen (secondary N) is 1. The number of aromatic hydroxyl groups is 1. The summed E-state index contributed by atoms with van der Waals surface area (Å²) in [5.41, 5.74) is 11.3. The lowest BCUT2D eigenvalue weighted by Gasteiger charge is -2.10. The number of aryl methyl sites for hydroxylation is 2. The van der Waals surface area contributed by atoms with Crippen molar-refractivity contribution in [1.29, 1.82) is 10.7 Å². The zero-order valence-electron chi connectivity index (χ0n) is 18.0. The molecule has 0 aliphatic rings. The summed E-state index contributed by atoms with van der Waals surface area (Å²) < 4.78 is 2.25. The molecule has 3 aromatic carbocycles. The van der Waals surface area contributed by atoms with Gasteiger partial charge >= 0.3 is 0 Å². The summed E-state index contributed by atoms with van der Waals surface area (Å²) >= 11 is 0. The number of amides is 1. The Morgan fingerprint density at radius 2 is 1.94 bits per heavy atom. The minimum atomic E-state index is -0.619. The van der Waals surface area contributed by atoms with Crippen LogP contribution in [0.4, 0.5) is 0 Å². The van der Waals surface area contributed by atoms with Crippen molar-refractivity contribution in [1.82, 2.24) is 4.57 Å². The van der Waals surface area contributed by atoms with Gasteiger partial charge in [0.2, 0.25) is 5.91 Å². The first-order valence-electron chi connectivity index (χ1n) is 10.0. The number of nitrogens with two attached hydrogens (primary N) is 1. The van der Waals surface area contributed by atoms with E-state index in [9.17, 15) is 4.79 Å². The van der Waals surface area contributed by atoms with Crippen molar-refractivity contribution in [3.63, 3.8) is 0 Å². The largest absolute Gasteiger partial charge is 0.507 e. The number of aromatic nitrogens is 1. The molecule has 1 aromatic heterocycles. The summed E-state index contributed by atoms with van der Waals surface area (Å²) in [6, 6.07) is 20.4. The van der Waals surface area contributed by atoms with E-state index in [1.807, 2.05) is 12.1 Å². The van der Waals surface area contributed by atoms with Crippen LogP contribution >= 0.6 is 0 Å². The number of nitriles is 1. The number of fused-ring (bicyclic) bond motifs is 1. The van der Waals surface area contributed by atoms with Crippen LogP contribution in [0.1, 0.15) is 38.2 Å².